The van der Waals surface area contributed by atoms with Gasteiger partial charge in [0.1, 0.15) is 0 Å². The second-order valence-corrected chi connectivity index (χ2v) is 11.5. The first-order valence-electron chi connectivity index (χ1n) is 11.2. The average molecular weight is 492 g/mol. The predicted molar refractivity (Wildman–Crippen MR) is 136 cm³/mol. The third-order valence-corrected chi connectivity index (χ3v) is 9.21. The molecule has 1 saturated heterocycles. The zero-order chi connectivity index (χ0) is 23.7. The molecule has 0 aliphatic carbocycles. The van der Waals surface area contributed by atoms with Crippen LogP contribution in [0.4, 0.5) is 5.69 Å². The number of aromatic nitrogens is 1. The number of likely N-dealkylation sites (tertiary alicyclic amines) is 1. The van der Waals surface area contributed by atoms with E-state index in [1.54, 1.807) is 47.7 Å². The number of hydrogen-bond donors (Lipinski definition) is 0. The second kappa shape index (κ2) is 9.19. The normalized spacial score (nSPS) is 16.5. The van der Waals surface area contributed by atoms with E-state index in [-0.39, 0.29) is 16.7 Å². The Labute approximate surface area is 203 Å². The molecular weight excluding hydrogens is 466 g/mol. The number of carbonyl (C=O) groups is 1. The van der Waals surface area contributed by atoms with Gasteiger partial charge in [0.15, 0.2) is 0 Å². The van der Waals surface area contributed by atoms with Crippen molar-refractivity contribution in [2.45, 2.75) is 23.7 Å². The summed E-state index contributed by atoms with van der Waals surface area (Å²) >= 11 is 1.69. The Morgan fingerprint density at radius 2 is 1.79 bits per heavy atom. The highest BCUT2D eigenvalue weighted by Crippen LogP contribution is 2.33. The van der Waals surface area contributed by atoms with Crippen LogP contribution in [0.15, 0.2) is 83.8 Å². The van der Waals surface area contributed by atoms with E-state index in [0.717, 1.165) is 28.1 Å². The Hall–Kier alpha value is -3.23. The molecule has 1 fully saturated rings. The maximum atomic E-state index is 13.4. The lowest BCUT2D eigenvalue weighted by Crippen LogP contribution is -2.39. The fourth-order valence-corrected chi connectivity index (χ4v) is 6.67. The fourth-order valence-electron chi connectivity index (χ4n) is 4.33. The van der Waals surface area contributed by atoms with Gasteiger partial charge < -0.3 is 4.90 Å². The highest BCUT2D eigenvalue weighted by Gasteiger charge is 2.29. The van der Waals surface area contributed by atoms with Crippen molar-refractivity contribution in [1.29, 1.82) is 0 Å². The quantitative estimate of drug-likeness (QED) is 0.388. The van der Waals surface area contributed by atoms with Crippen LogP contribution in [-0.4, -0.2) is 44.3 Å². The molecule has 0 radical (unpaired) electrons. The van der Waals surface area contributed by atoms with Crippen molar-refractivity contribution in [2.75, 3.05) is 24.4 Å². The summed E-state index contributed by atoms with van der Waals surface area (Å²) in [7, 11) is -2.27. The van der Waals surface area contributed by atoms with Crippen LogP contribution in [0.2, 0.25) is 0 Å². The van der Waals surface area contributed by atoms with Gasteiger partial charge in [0.2, 0.25) is 0 Å². The maximum absolute atomic E-state index is 13.4. The number of fused-ring (bicyclic) bond motifs is 1. The van der Waals surface area contributed by atoms with Crippen molar-refractivity contribution >= 4 is 43.2 Å². The van der Waals surface area contributed by atoms with E-state index < -0.39 is 10.0 Å². The molecule has 1 amide bonds. The number of thiazole rings is 1. The van der Waals surface area contributed by atoms with Gasteiger partial charge in [0, 0.05) is 31.6 Å². The standard InChI is InChI=1S/C26H25N3O3S2/c1-28(21-11-3-2-4-12-21)34(31,32)22-13-7-9-19(17-22)26(30)29-16-8-10-20(18-29)25-27-23-14-5-6-15-24(23)33-25/h2-7,9,11-15,17,20H,8,10,16,18H2,1H3/t20-/m1/s1. The Morgan fingerprint density at radius 3 is 2.59 bits per heavy atom. The first-order chi connectivity index (χ1) is 16.4. The topological polar surface area (TPSA) is 70.6 Å². The molecule has 8 heteroatoms. The molecule has 3 aromatic carbocycles. The molecule has 0 bridgehead atoms. The highest BCUT2D eigenvalue weighted by molar-refractivity contribution is 7.92. The van der Waals surface area contributed by atoms with E-state index >= 15 is 0 Å². The predicted octanol–water partition coefficient (Wildman–Crippen LogP) is 5.14. The highest BCUT2D eigenvalue weighted by atomic mass is 32.2. The van der Waals surface area contributed by atoms with Gasteiger partial charge in [0.05, 0.1) is 25.8 Å². The number of piperidine rings is 1. The Balaban J connectivity index is 1.37. The van der Waals surface area contributed by atoms with Gasteiger partial charge in [-0.2, -0.15) is 0 Å². The van der Waals surface area contributed by atoms with Gasteiger partial charge in [-0.05, 0) is 55.3 Å². The summed E-state index contributed by atoms with van der Waals surface area (Å²) in [5.41, 5.74) is 1.94. The number of amides is 1. The lowest BCUT2D eigenvalue weighted by molar-refractivity contribution is 0.0707. The Bertz CT molecular complexity index is 1400. The smallest absolute Gasteiger partial charge is 0.264 e. The molecule has 4 aromatic rings. The van der Waals surface area contributed by atoms with Gasteiger partial charge in [-0.25, -0.2) is 13.4 Å². The third-order valence-electron chi connectivity index (χ3n) is 6.23. The van der Waals surface area contributed by atoms with Gasteiger partial charge in [-0.3, -0.25) is 9.10 Å². The van der Waals surface area contributed by atoms with E-state index in [9.17, 15) is 13.2 Å². The lowest BCUT2D eigenvalue weighted by atomic mass is 9.98. The molecule has 1 aliphatic rings. The zero-order valence-corrected chi connectivity index (χ0v) is 20.4. The minimum Gasteiger partial charge on any atom is -0.338 e. The molecular formula is C26H25N3O3S2. The Morgan fingerprint density at radius 1 is 1.03 bits per heavy atom. The molecule has 34 heavy (non-hydrogen) atoms. The molecule has 0 saturated carbocycles. The number of sulfonamides is 1. The van der Waals surface area contributed by atoms with Crippen molar-refractivity contribution < 1.29 is 13.2 Å². The molecule has 2 heterocycles. The summed E-state index contributed by atoms with van der Waals surface area (Å²) in [5.74, 6) is 0.0384. The number of carbonyl (C=O) groups excluding carboxylic acids is 1. The first-order valence-corrected chi connectivity index (χ1v) is 13.5. The average Bonchev–Trinajstić information content (AvgIpc) is 3.33. The maximum Gasteiger partial charge on any atom is 0.264 e. The monoisotopic (exact) mass is 491 g/mol. The molecule has 0 unspecified atom stereocenters. The van der Waals surface area contributed by atoms with Crippen molar-refractivity contribution in [3.8, 4) is 0 Å². The summed E-state index contributed by atoms with van der Waals surface area (Å²) < 4.78 is 28.8. The van der Waals surface area contributed by atoms with Crippen molar-refractivity contribution in [3.63, 3.8) is 0 Å². The van der Waals surface area contributed by atoms with E-state index in [1.807, 2.05) is 29.2 Å². The molecule has 174 valence electrons. The number of nitrogens with zero attached hydrogens (tertiary/aromatic N) is 3. The SMILES string of the molecule is CN(c1ccccc1)S(=O)(=O)c1cccc(C(=O)N2CCC[C@@H](c3nc4ccccc4s3)C2)c1. The summed E-state index contributed by atoms with van der Waals surface area (Å²) in [6.07, 6.45) is 1.88. The fraction of sp³-hybridized carbons (Fsp3) is 0.231. The lowest BCUT2D eigenvalue weighted by Gasteiger charge is -2.32. The summed E-state index contributed by atoms with van der Waals surface area (Å²) in [4.78, 5) is 20.1. The van der Waals surface area contributed by atoms with Crippen molar-refractivity contribution in [1.82, 2.24) is 9.88 Å². The largest absolute Gasteiger partial charge is 0.338 e. The van der Waals surface area contributed by atoms with Crippen LogP contribution in [0.3, 0.4) is 0 Å². The van der Waals surface area contributed by atoms with Crippen molar-refractivity contribution in [2.24, 2.45) is 0 Å². The van der Waals surface area contributed by atoms with E-state index in [4.69, 9.17) is 4.98 Å². The van der Waals surface area contributed by atoms with Crippen LogP contribution in [0, 0.1) is 0 Å². The molecule has 5 rings (SSSR count). The van der Waals surface area contributed by atoms with E-state index in [0.29, 0.717) is 24.3 Å². The molecule has 6 nitrogen and oxygen atoms in total. The van der Waals surface area contributed by atoms with Crippen LogP contribution in [0.5, 0.6) is 0 Å². The van der Waals surface area contributed by atoms with Crippen LogP contribution < -0.4 is 4.31 Å². The summed E-state index contributed by atoms with van der Waals surface area (Å²) in [5, 5.41) is 1.06. The van der Waals surface area contributed by atoms with Crippen LogP contribution >= 0.6 is 11.3 Å². The number of hydrogen-bond acceptors (Lipinski definition) is 5. The number of benzene rings is 3. The summed E-state index contributed by atoms with van der Waals surface area (Å²) in [6.45, 7) is 1.24. The Kier molecular flexibility index (Phi) is 6.10. The molecule has 0 N–H and O–H groups in total. The molecule has 0 spiro atoms. The number of para-hydroxylation sites is 2. The second-order valence-electron chi connectivity index (χ2n) is 8.45. The van der Waals surface area contributed by atoms with E-state index in [1.165, 1.54) is 23.5 Å². The van der Waals surface area contributed by atoms with Gasteiger partial charge in [-0.15, -0.1) is 11.3 Å². The summed E-state index contributed by atoms with van der Waals surface area (Å²) in [6, 6.07) is 23.3. The first kappa shape index (κ1) is 22.6. The minimum absolute atomic E-state index is 0.101. The molecule has 1 aromatic heterocycles. The zero-order valence-electron chi connectivity index (χ0n) is 18.8. The van der Waals surface area contributed by atoms with Crippen LogP contribution in [0.1, 0.15) is 34.1 Å². The molecule has 1 aliphatic heterocycles. The minimum atomic E-state index is -3.79. The van der Waals surface area contributed by atoms with Crippen LogP contribution in [0.25, 0.3) is 10.2 Å². The van der Waals surface area contributed by atoms with Crippen molar-refractivity contribution in [3.05, 3.63) is 89.4 Å². The van der Waals surface area contributed by atoms with E-state index in [2.05, 4.69) is 6.07 Å². The van der Waals surface area contributed by atoms with Gasteiger partial charge in [-0.1, -0.05) is 36.4 Å². The number of rotatable bonds is 5. The third kappa shape index (κ3) is 4.31. The van der Waals surface area contributed by atoms with Gasteiger partial charge >= 0.3 is 0 Å². The van der Waals surface area contributed by atoms with Gasteiger partial charge in [0.25, 0.3) is 15.9 Å². The van der Waals surface area contributed by atoms with Crippen LogP contribution in [-0.2, 0) is 10.0 Å². The number of anilines is 1. The molecule has 1 atom stereocenters.